The van der Waals surface area contributed by atoms with Crippen molar-refractivity contribution in [2.75, 3.05) is 51.3 Å². The van der Waals surface area contributed by atoms with Gasteiger partial charge in [-0.05, 0) is 60.7 Å². The van der Waals surface area contributed by atoms with Crippen LogP contribution in [0, 0.1) is 0 Å². The number of hydrogen-bond donors (Lipinski definition) is 0. The summed E-state index contributed by atoms with van der Waals surface area (Å²) in [6.45, 7) is 6.02. The second kappa shape index (κ2) is 10.6. The van der Waals surface area contributed by atoms with E-state index in [-0.39, 0.29) is 0 Å². The summed E-state index contributed by atoms with van der Waals surface area (Å²) in [6, 6.07) is 14.1. The molecule has 7 heteroatoms. The van der Waals surface area contributed by atoms with E-state index >= 15 is 0 Å². The van der Waals surface area contributed by atoms with Crippen molar-refractivity contribution in [2.24, 2.45) is 0 Å². The number of carbonyl (C=O) groups excluding carboxylic acids is 1. The van der Waals surface area contributed by atoms with Crippen LogP contribution in [0.1, 0.15) is 18.4 Å². The summed E-state index contributed by atoms with van der Waals surface area (Å²) in [5, 5.41) is 2.57. The van der Waals surface area contributed by atoms with Crippen molar-refractivity contribution in [2.45, 2.75) is 19.3 Å². The molecule has 0 amide bonds. The van der Waals surface area contributed by atoms with Gasteiger partial charge in [0.05, 0.1) is 19.2 Å². The molecule has 1 aliphatic heterocycles. The Morgan fingerprint density at radius 2 is 1.90 bits per heavy atom. The van der Waals surface area contributed by atoms with Gasteiger partial charge in [-0.25, -0.2) is 0 Å². The number of ether oxygens (including phenoxy) is 2. The van der Waals surface area contributed by atoms with E-state index in [9.17, 15) is 4.79 Å². The second-order valence-electron chi connectivity index (χ2n) is 7.75. The Morgan fingerprint density at radius 1 is 1.06 bits per heavy atom. The topological polar surface area (TPSA) is 54.9 Å². The van der Waals surface area contributed by atoms with Crippen LogP contribution in [-0.4, -0.2) is 62.0 Å². The summed E-state index contributed by atoms with van der Waals surface area (Å²) < 4.78 is 15.9. The van der Waals surface area contributed by atoms with Crippen molar-refractivity contribution in [1.82, 2.24) is 9.27 Å². The lowest BCUT2D eigenvalue weighted by Gasteiger charge is -2.35. The minimum absolute atomic E-state index is 0.392. The molecule has 0 saturated carbocycles. The highest BCUT2D eigenvalue weighted by Gasteiger charge is 2.20. The smallest absolute Gasteiger partial charge is 0.161 e. The predicted molar refractivity (Wildman–Crippen MR) is 126 cm³/mol. The third-order valence-electron chi connectivity index (χ3n) is 5.70. The maximum Gasteiger partial charge on any atom is 0.161 e. The number of rotatable bonds is 10. The zero-order valence-electron chi connectivity index (χ0n) is 18.0. The van der Waals surface area contributed by atoms with Crippen LogP contribution in [0.25, 0.3) is 10.9 Å². The number of anilines is 1. The van der Waals surface area contributed by atoms with Gasteiger partial charge in [0.25, 0.3) is 0 Å². The van der Waals surface area contributed by atoms with Crippen molar-refractivity contribution >= 4 is 33.7 Å². The highest BCUT2D eigenvalue weighted by molar-refractivity contribution is 7.11. The van der Waals surface area contributed by atoms with Gasteiger partial charge in [0.1, 0.15) is 11.3 Å². The van der Waals surface area contributed by atoms with E-state index in [1.165, 1.54) is 10.4 Å². The summed E-state index contributed by atoms with van der Waals surface area (Å²) in [7, 11) is 1.63. The number of aromatic nitrogens is 1. The van der Waals surface area contributed by atoms with E-state index in [0.29, 0.717) is 18.8 Å². The fourth-order valence-corrected chi connectivity index (χ4v) is 4.87. The summed E-state index contributed by atoms with van der Waals surface area (Å²) in [5.74, 6) is 1.42. The van der Waals surface area contributed by atoms with E-state index in [4.69, 9.17) is 9.47 Å². The van der Waals surface area contributed by atoms with E-state index in [1.54, 1.807) is 18.6 Å². The Kier molecular flexibility index (Phi) is 7.38. The molecule has 2 heterocycles. The van der Waals surface area contributed by atoms with Crippen LogP contribution in [0.2, 0.25) is 0 Å². The van der Waals surface area contributed by atoms with Gasteiger partial charge in [-0.2, -0.15) is 4.37 Å². The van der Waals surface area contributed by atoms with Crippen molar-refractivity contribution in [1.29, 1.82) is 0 Å². The van der Waals surface area contributed by atoms with Gasteiger partial charge < -0.3 is 19.2 Å². The number of benzene rings is 2. The van der Waals surface area contributed by atoms with Crippen LogP contribution in [0.3, 0.4) is 0 Å². The Balaban J connectivity index is 1.18. The lowest BCUT2D eigenvalue weighted by Crippen LogP contribution is -2.46. The maximum atomic E-state index is 10.7. The van der Waals surface area contributed by atoms with Gasteiger partial charge in [0.2, 0.25) is 0 Å². The number of piperazine rings is 1. The van der Waals surface area contributed by atoms with Crippen LogP contribution in [-0.2, 0) is 11.2 Å². The zero-order valence-corrected chi connectivity index (χ0v) is 18.8. The van der Waals surface area contributed by atoms with Crippen LogP contribution in [0.4, 0.5) is 5.00 Å². The molecule has 0 radical (unpaired) electrons. The molecule has 1 aliphatic rings. The Labute approximate surface area is 187 Å². The summed E-state index contributed by atoms with van der Waals surface area (Å²) in [4.78, 5) is 15.7. The molecule has 0 spiro atoms. The number of hydrogen-bond acceptors (Lipinski definition) is 7. The number of aldehydes is 1. The van der Waals surface area contributed by atoms with Gasteiger partial charge in [-0.1, -0.05) is 18.2 Å². The molecule has 0 aliphatic carbocycles. The lowest BCUT2D eigenvalue weighted by molar-refractivity contribution is -0.107. The molecule has 1 saturated heterocycles. The maximum absolute atomic E-state index is 10.7. The van der Waals surface area contributed by atoms with Crippen LogP contribution in [0.5, 0.6) is 11.5 Å². The standard InChI is InChI=1S/C24H29N3O3S/c1-29-23-18-19(10-16-28)8-9-22(23)30-17-5-4-11-26-12-14-27(15-13-26)24-20-6-2-3-7-21(20)25-31-24/h2-3,6-9,16,18H,4-5,10-15,17H2,1H3. The highest BCUT2D eigenvalue weighted by atomic mass is 32.1. The Hall–Kier alpha value is -2.64. The minimum Gasteiger partial charge on any atom is -0.493 e. The summed E-state index contributed by atoms with van der Waals surface area (Å²) in [6.07, 6.45) is 3.39. The van der Waals surface area contributed by atoms with Crippen LogP contribution < -0.4 is 14.4 Å². The van der Waals surface area contributed by atoms with Crippen LogP contribution >= 0.6 is 11.5 Å². The Bertz CT molecular complexity index is 999. The molecule has 0 atom stereocenters. The van der Waals surface area contributed by atoms with Crippen molar-refractivity contribution in [3.8, 4) is 11.5 Å². The van der Waals surface area contributed by atoms with Gasteiger partial charge >= 0.3 is 0 Å². The number of unbranched alkanes of at least 4 members (excludes halogenated alkanes) is 1. The normalized spacial score (nSPS) is 14.7. The first-order chi connectivity index (χ1) is 15.3. The minimum atomic E-state index is 0.392. The fraction of sp³-hybridized carbons (Fsp3) is 0.417. The van der Waals surface area contributed by atoms with E-state index in [0.717, 1.165) is 68.7 Å². The number of nitrogens with zero attached hydrogens (tertiary/aromatic N) is 3. The number of methoxy groups -OCH3 is 1. The molecule has 0 bridgehead atoms. The molecule has 6 nitrogen and oxygen atoms in total. The van der Waals surface area contributed by atoms with E-state index in [1.807, 2.05) is 24.3 Å². The zero-order chi connectivity index (χ0) is 21.5. The van der Waals surface area contributed by atoms with Gasteiger partial charge in [0.15, 0.2) is 11.5 Å². The van der Waals surface area contributed by atoms with Crippen LogP contribution in [0.15, 0.2) is 42.5 Å². The lowest BCUT2D eigenvalue weighted by atomic mass is 10.1. The molecule has 2 aromatic carbocycles. The summed E-state index contributed by atoms with van der Waals surface area (Å²) >= 11 is 1.61. The average molecular weight is 440 g/mol. The number of fused-ring (bicyclic) bond motifs is 1. The quantitative estimate of drug-likeness (QED) is 0.351. The summed E-state index contributed by atoms with van der Waals surface area (Å²) in [5.41, 5.74) is 2.03. The van der Waals surface area contributed by atoms with Gasteiger partial charge in [-0.3, -0.25) is 4.90 Å². The van der Waals surface area contributed by atoms with Gasteiger partial charge in [-0.15, -0.1) is 0 Å². The third kappa shape index (κ3) is 5.35. The SMILES string of the molecule is COc1cc(CC=O)ccc1OCCCCN1CCN(c2snc3ccccc23)CC1. The third-order valence-corrected chi connectivity index (χ3v) is 6.64. The number of carbonyl (C=O) groups is 1. The first-order valence-electron chi connectivity index (χ1n) is 10.8. The first kappa shape index (κ1) is 21.6. The molecule has 3 aromatic rings. The van der Waals surface area contributed by atoms with E-state index in [2.05, 4.69) is 32.4 Å². The molecular formula is C24H29N3O3S. The monoisotopic (exact) mass is 439 g/mol. The van der Waals surface area contributed by atoms with Gasteiger partial charge in [0, 0.05) is 38.0 Å². The molecule has 164 valence electrons. The predicted octanol–water partition coefficient (Wildman–Crippen LogP) is 4.03. The highest BCUT2D eigenvalue weighted by Crippen LogP contribution is 2.32. The second-order valence-corrected chi connectivity index (χ2v) is 8.50. The Morgan fingerprint density at radius 3 is 2.71 bits per heavy atom. The molecular weight excluding hydrogens is 410 g/mol. The molecule has 1 aromatic heterocycles. The van der Waals surface area contributed by atoms with Crippen molar-refractivity contribution in [3.63, 3.8) is 0 Å². The largest absolute Gasteiger partial charge is 0.493 e. The first-order valence-corrected chi connectivity index (χ1v) is 11.6. The van der Waals surface area contributed by atoms with E-state index < -0.39 is 0 Å². The average Bonchev–Trinajstić information content (AvgIpc) is 3.24. The molecule has 0 unspecified atom stereocenters. The fourth-order valence-electron chi connectivity index (χ4n) is 3.95. The molecule has 4 rings (SSSR count). The molecule has 31 heavy (non-hydrogen) atoms. The van der Waals surface area contributed by atoms with Crippen molar-refractivity contribution < 1.29 is 14.3 Å². The molecule has 1 fully saturated rings. The molecule has 0 N–H and O–H groups in total. The van der Waals surface area contributed by atoms with Crippen molar-refractivity contribution in [3.05, 3.63) is 48.0 Å².